The Bertz CT molecular complexity index is 586. The molecule has 144 valence electrons. The van der Waals surface area contributed by atoms with Crippen molar-refractivity contribution in [2.45, 2.75) is 52.8 Å². The third-order valence-corrected chi connectivity index (χ3v) is 4.44. The lowest BCUT2D eigenvalue weighted by Gasteiger charge is -2.18. The molecular weight excluding hydrogens is 328 g/mol. The van der Waals surface area contributed by atoms with Crippen molar-refractivity contribution in [2.24, 2.45) is 4.99 Å². The first kappa shape index (κ1) is 20.2. The Morgan fingerprint density at radius 1 is 1.23 bits per heavy atom. The van der Waals surface area contributed by atoms with Gasteiger partial charge < -0.3 is 20.3 Å². The van der Waals surface area contributed by atoms with Crippen LogP contribution in [0.25, 0.3) is 0 Å². The SMILES string of the molecule is CCNC(=NCc1ccc(COCC)cc1)NC1CCN(C(=O)CC)C1. The highest BCUT2D eigenvalue weighted by Crippen LogP contribution is 2.11. The number of nitrogens with zero attached hydrogens (tertiary/aromatic N) is 2. The molecule has 0 bridgehead atoms. The highest BCUT2D eigenvalue weighted by atomic mass is 16.5. The molecule has 0 radical (unpaired) electrons. The van der Waals surface area contributed by atoms with Crippen molar-refractivity contribution in [3.8, 4) is 0 Å². The van der Waals surface area contributed by atoms with Gasteiger partial charge in [-0.15, -0.1) is 0 Å². The minimum Gasteiger partial charge on any atom is -0.377 e. The summed E-state index contributed by atoms with van der Waals surface area (Å²) in [4.78, 5) is 18.4. The topological polar surface area (TPSA) is 66.0 Å². The predicted octanol–water partition coefficient (Wildman–Crippen LogP) is 2.29. The van der Waals surface area contributed by atoms with Crippen molar-refractivity contribution in [2.75, 3.05) is 26.2 Å². The summed E-state index contributed by atoms with van der Waals surface area (Å²) in [6.45, 7) is 10.4. The Balaban J connectivity index is 1.89. The molecule has 1 atom stereocenters. The molecule has 1 aromatic rings. The number of aliphatic imine (C=N–C) groups is 1. The fourth-order valence-electron chi connectivity index (χ4n) is 2.97. The summed E-state index contributed by atoms with van der Waals surface area (Å²) in [5.41, 5.74) is 2.34. The van der Waals surface area contributed by atoms with E-state index in [1.807, 2.05) is 18.7 Å². The third kappa shape index (κ3) is 6.33. The zero-order valence-electron chi connectivity index (χ0n) is 16.3. The van der Waals surface area contributed by atoms with Gasteiger partial charge in [0.05, 0.1) is 13.2 Å². The fourth-order valence-corrected chi connectivity index (χ4v) is 2.97. The van der Waals surface area contributed by atoms with Crippen molar-refractivity contribution in [1.29, 1.82) is 0 Å². The molecular formula is C20H32N4O2. The van der Waals surface area contributed by atoms with Gasteiger partial charge in [-0.1, -0.05) is 31.2 Å². The summed E-state index contributed by atoms with van der Waals surface area (Å²) < 4.78 is 5.42. The van der Waals surface area contributed by atoms with Crippen molar-refractivity contribution in [3.05, 3.63) is 35.4 Å². The van der Waals surface area contributed by atoms with E-state index in [1.54, 1.807) is 0 Å². The second-order valence-corrected chi connectivity index (χ2v) is 6.47. The molecule has 1 unspecified atom stereocenters. The molecule has 1 aliphatic heterocycles. The quantitative estimate of drug-likeness (QED) is 0.551. The second kappa shape index (κ2) is 10.8. The Hall–Kier alpha value is -2.08. The van der Waals surface area contributed by atoms with E-state index in [0.717, 1.165) is 44.2 Å². The normalized spacial score (nSPS) is 17.4. The number of likely N-dealkylation sites (tertiary alicyclic amines) is 1. The van der Waals surface area contributed by atoms with Crippen LogP contribution in [0.3, 0.4) is 0 Å². The molecule has 0 saturated carbocycles. The monoisotopic (exact) mass is 360 g/mol. The van der Waals surface area contributed by atoms with Crippen LogP contribution >= 0.6 is 0 Å². The zero-order valence-corrected chi connectivity index (χ0v) is 16.3. The van der Waals surface area contributed by atoms with Crippen LogP contribution in [0, 0.1) is 0 Å². The lowest BCUT2D eigenvalue weighted by molar-refractivity contribution is -0.129. The zero-order chi connectivity index (χ0) is 18.8. The van der Waals surface area contributed by atoms with Gasteiger partial charge in [0.15, 0.2) is 5.96 Å². The summed E-state index contributed by atoms with van der Waals surface area (Å²) in [6.07, 6.45) is 1.53. The number of carbonyl (C=O) groups is 1. The van der Waals surface area contributed by atoms with E-state index >= 15 is 0 Å². The van der Waals surface area contributed by atoms with Crippen LogP contribution in [0.5, 0.6) is 0 Å². The molecule has 0 aromatic heterocycles. The van der Waals surface area contributed by atoms with Gasteiger partial charge in [-0.05, 0) is 31.4 Å². The Morgan fingerprint density at radius 3 is 2.62 bits per heavy atom. The molecule has 1 heterocycles. The molecule has 6 heteroatoms. The van der Waals surface area contributed by atoms with Crippen LogP contribution in [0.15, 0.2) is 29.3 Å². The highest BCUT2D eigenvalue weighted by Gasteiger charge is 2.25. The Kier molecular flexibility index (Phi) is 8.41. The van der Waals surface area contributed by atoms with E-state index in [9.17, 15) is 4.79 Å². The maximum absolute atomic E-state index is 11.8. The Labute approximate surface area is 157 Å². The summed E-state index contributed by atoms with van der Waals surface area (Å²) >= 11 is 0. The van der Waals surface area contributed by atoms with Gasteiger partial charge in [-0.25, -0.2) is 4.99 Å². The summed E-state index contributed by atoms with van der Waals surface area (Å²) in [7, 11) is 0. The molecule has 1 amide bonds. The van der Waals surface area contributed by atoms with E-state index < -0.39 is 0 Å². The second-order valence-electron chi connectivity index (χ2n) is 6.47. The standard InChI is InChI=1S/C20H32N4O2/c1-4-19(25)24-12-11-18(14-24)23-20(21-5-2)22-13-16-7-9-17(10-8-16)15-26-6-3/h7-10,18H,4-6,11-15H2,1-3H3,(H2,21,22,23). The van der Waals surface area contributed by atoms with Gasteiger partial charge in [-0.2, -0.15) is 0 Å². The molecule has 26 heavy (non-hydrogen) atoms. The Morgan fingerprint density at radius 2 is 1.96 bits per heavy atom. The summed E-state index contributed by atoms with van der Waals surface area (Å²) in [5, 5.41) is 6.75. The predicted molar refractivity (Wildman–Crippen MR) is 105 cm³/mol. The largest absolute Gasteiger partial charge is 0.377 e. The third-order valence-electron chi connectivity index (χ3n) is 4.44. The van der Waals surface area contributed by atoms with Crippen LogP contribution in [-0.2, 0) is 22.7 Å². The molecule has 2 N–H and O–H groups in total. The maximum Gasteiger partial charge on any atom is 0.222 e. The van der Waals surface area contributed by atoms with Crippen LogP contribution in [-0.4, -0.2) is 49.0 Å². The van der Waals surface area contributed by atoms with Crippen molar-refractivity contribution >= 4 is 11.9 Å². The summed E-state index contributed by atoms with van der Waals surface area (Å²) in [5.74, 6) is 1.03. The van der Waals surface area contributed by atoms with Crippen molar-refractivity contribution in [1.82, 2.24) is 15.5 Å². The van der Waals surface area contributed by atoms with E-state index in [4.69, 9.17) is 4.74 Å². The number of hydrogen-bond donors (Lipinski definition) is 2. The van der Waals surface area contributed by atoms with Gasteiger partial charge in [0.1, 0.15) is 0 Å². The van der Waals surface area contributed by atoms with Crippen LogP contribution in [0.4, 0.5) is 0 Å². The maximum atomic E-state index is 11.8. The number of hydrogen-bond acceptors (Lipinski definition) is 3. The first-order valence-electron chi connectivity index (χ1n) is 9.64. The number of nitrogens with one attached hydrogen (secondary N) is 2. The molecule has 2 rings (SSSR count). The highest BCUT2D eigenvalue weighted by molar-refractivity contribution is 5.80. The number of ether oxygens (including phenoxy) is 1. The molecule has 6 nitrogen and oxygen atoms in total. The molecule has 1 saturated heterocycles. The van der Waals surface area contributed by atoms with Gasteiger partial charge in [0, 0.05) is 38.7 Å². The first-order chi connectivity index (χ1) is 12.7. The molecule has 1 aliphatic rings. The number of carbonyl (C=O) groups excluding carboxylic acids is 1. The number of rotatable bonds is 8. The summed E-state index contributed by atoms with van der Waals surface area (Å²) in [6, 6.07) is 8.63. The molecule has 0 spiro atoms. The van der Waals surface area contributed by atoms with Crippen LogP contribution < -0.4 is 10.6 Å². The van der Waals surface area contributed by atoms with E-state index in [0.29, 0.717) is 19.6 Å². The average molecular weight is 361 g/mol. The lowest BCUT2D eigenvalue weighted by Crippen LogP contribution is -2.45. The first-order valence-corrected chi connectivity index (χ1v) is 9.64. The number of amides is 1. The van der Waals surface area contributed by atoms with E-state index in [1.165, 1.54) is 5.56 Å². The average Bonchev–Trinajstić information content (AvgIpc) is 3.13. The van der Waals surface area contributed by atoms with Crippen LogP contribution in [0.2, 0.25) is 0 Å². The van der Waals surface area contributed by atoms with Gasteiger partial charge in [0.2, 0.25) is 5.91 Å². The van der Waals surface area contributed by atoms with Gasteiger partial charge in [0.25, 0.3) is 0 Å². The van der Waals surface area contributed by atoms with E-state index in [-0.39, 0.29) is 11.9 Å². The van der Waals surface area contributed by atoms with Crippen LogP contribution in [0.1, 0.15) is 44.7 Å². The van der Waals surface area contributed by atoms with Gasteiger partial charge >= 0.3 is 0 Å². The van der Waals surface area contributed by atoms with E-state index in [2.05, 4.69) is 46.8 Å². The molecule has 0 aliphatic carbocycles. The minimum absolute atomic E-state index is 0.225. The van der Waals surface area contributed by atoms with Gasteiger partial charge in [-0.3, -0.25) is 4.79 Å². The van der Waals surface area contributed by atoms with Crippen molar-refractivity contribution < 1.29 is 9.53 Å². The molecule has 1 aromatic carbocycles. The smallest absolute Gasteiger partial charge is 0.222 e. The lowest BCUT2D eigenvalue weighted by atomic mass is 10.1. The van der Waals surface area contributed by atoms with Crippen molar-refractivity contribution in [3.63, 3.8) is 0 Å². The molecule has 1 fully saturated rings. The number of benzene rings is 1. The number of guanidine groups is 1. The minimum atomic E-state index is 0.225. The fraction of sp³-hybridized carbons (Fsp3) is 0.600.